The number of nitrogens with zero attached hydrogens (tertiary/aromatic N) is 1. The number of methoxy groups -OCH3 is 1. The van der Waals surface area contributed by atoms with Crippen molar-refractivity contribution in [2.24, 2.45) is 0 Å². The average Bonchev–Trinajstić information content (AvgIpc) is 2.37. The van der Waals surface area contributed by atoms with Crippen molar-refractivity contribution < 1.29 is 14.4 Å². The number of nitro groups is 1. The summed E-state index contributed by atoms with van der Waals surface area (Å²) >= 11 is 0. The van der Waals surface area contributed by atoms with Crippen molar-refractivity contribution in [3.05, 3.63) is 28.3 Å². The number of unbranched alkanes of at least 4 members (excludes halogenated alkanes) is 1. The fourth-order valence-corrected chi connectivity index (χ4v) is 1.80. The number of nitrogens with one attached hydrogen (secondary N) is 1. The Kier molecular flexibility index (Phi) is 6.79. The second kappa shape index (κ2) is 8.37. The second-order valence-corrected chi connectivity index (χ2v) is 4.70. The molecule has 0 aliphatic heterocycles. The number of ether oxygens (including phenoxy) is 2. The minimum absolute atomic E-state index is 0.00654. The van der Waals surface area contributed by atoms with Gasteiger partial charge in [-0.3, -0.25) is 10.1 Å². The van der Waals surface area contributed by atoms with Gasteiger partial charge in [-0.05, 0) is 38.8 Å². The predicted molar refractivity (Wildman–Crippen MR) is 78.5 cm³/mol. The first-order chi connectivity index (χ1) is 9.56. The van der Waals surface area contributed by atoms with Gasteiger partial charge in [0.2, 0.25) is 0 Å². The smallest absolute Gasteiger partial charge is 0.333 e. The summed E-state index contributed by atoms with van der Waals surface area (Å²) in [7, 11) is 1.66. The van der Waals surface area contributed by atoms with E-state index in [0.717, 1.165) is 12.8 Å². The Morgan fingerprint density at radius 2 is 2.10 bits per heavy atom. The molecule has 0 heterocycles. The third-order valence-corrected chi connectivity index (χ3v) is 2.63. The molecule has 0 aliphatic carbocycles. The maximum Gasteiger partial charge on any atom is 0.333 e. The zero-order valence-corrected chi connectivity index (χ0v) is 12.2. The van der Waals surface area contributed by atoms with Crippen LogP contribution in [-0.2, 0) is 4.74 Å². The van der Waals surface area contributed by atoms with Gasteiger partial charge in [0, 0.05) is 20.3 Å². The lowest BCUT2D eigenvalue weighted by Gasteiger charge is -2.13. The molecular formula is C14H22N2O4. The van der Waals surface area contributed by atoms with Crippen molar-refractivity contribution in [2.45, 2.75) is 32.8 Å². The average molecular weight is 282 g/mol. The molecule has 0 amide bonds. The quantitative estimate of drug-likeness (QED) is 0.427. The summed E-state index contributed by atoms with van der Waals surface area (Å²) in [6.45, 7) is 5.04. The van der Waals surface area contributed by atoms with Gasteiger partial charge in [0.05, 0.1) is 11.0 Å². The number of anilines is 1. The van der Waals surface area contributed by atoms with Gasteiger partial charge in [-0.2, -0.15) is 0 Å². The summed E-state index contributed by atoms with van der Waals surface area (Å²) in [5.41, 5.74) is 0.485. The third kappa shape index (κ3) is 5.05. The van der Waals surface area contributed by atoms with Crippen LogP contribution >= 0.6 is 0 Å². The normalized spacial score (nSPS) is 10.6. The maximum absolute atomic E-state index is 11.2. The first-order valence-corrected chi connectivity index (χ1v) is 6.73. The molecule has 0 aromatic heterocycles. The summed E-state index contributed by atoms with van der Waals surface area (Å²) in [4.78, 5) is 10.8. The second-order valence-electron chi connectivity index (χ2n) is 4.70. The highest BCUT2D eigenvalue weighted by atomic mass is 16.6. The summed E-state index contributed by atoms with van der Waals surface area (Å²) in [6, 6.07) is 5.07. The van der Waals surface area contributed by atoms with Gasteiger partial charge >= 0.3 is 5.69 Å². The van der Waals surface area contributed by atoms with E-state index in [4.69, 9.17) is 9.47 Å². The molecule has 6 heteroatoms. The molecule has 112 valence electrons. The van der Waals surface area contributed by atoms with Crippen LogP contribution in [0, 0.1) is 10.1 Å². The molecule has 20 heavy (non-hydrogen) atoms. The van der Waals surface area contributed by atoms with Crippen LogP contribution in [0.3, 0.4) is 0 Å². The Hall–Kier alpha value is -1.82. The lowest BCUT2D eigenvalue weighted by Crippen LogP contribution is -2.10. The molecule has 1 aromatic rings. The lowest BCUT2D eigenvalue weighted by molar-refractivity contribution is -0.385. The summed E-state index contributed by atoms with van der Waals surface area (Å²) < 4.78 is 10.5. The van der Waals surface area contributed by atoms with Crippen LogP contribution in [-0.4, -0.2) is 31.3 Å². The molecule has 0 atom stereocenters. The van der Waals surface area contributed by atoms with Crippen LogP contribution in [0.1, 0.15) is 26.7 Å². The standard InChI is InChI=1S/C14H22N2O4/c1-11(2)20-13-8-6-7-12(14(13)16(17)18)15-9-4-5-10-19-3/h6-8,11,15H,4-5,9-10H2,1-3H3. The van der Waals surface area contributed by atoms with Crippen LogP contribution in [0.5, 0.6) is 5.75 Å². The predicted octanol–water partition coefficient (Wildman–Crippen LogP) is 3.22. The van der Waals surface area contributed by atoms with E-state index in [1.807, 2.05) is 13.8 Å². The molecule has 0 bridgehead atoms. The molecule has 0 aliphatic rings. The molecule has 0 saturated heterocycles. The van der Waals surface area contributed by atoms with Crippen LogP contribution in [0.15, 0.2) is 18.2 Å². The fraction of sp³-hybridized carbons (Fsp3) is 0.571. The molecule has 1 aromatic carbocycles. The molecule has 6 nitrogen and oxygen atoms in total. The van der Waals surface area contributed by atoms with Gasteiger partial charge in [0.25, 0.3) is 0 Å². The lowest BCUT2D eigenvalue weighted by atomic mass is 10.2. The zero-order valence-electron chi connectivity index (χ0n) is 12.2. The minimum atomic E-state index is -0.408. The minimum Gasteiger partial charge on any atom is -0.484 e. The largest absolute Gasteiger partial charge is 0.484 e. The van der Waals surface area contributed by atoms with E-state index in [-0.39, 0.29) is 11.8 Å². The van der Waals surface area contributed by atoms with Crippen molar-refractivity contribution >= 4 is 11.4 Å². The van der Waals surface area contributed by atoms with Gasteiger partial charge < -0.3 is 14.8 Å². The monoisotopic (exact) mass is 282 g/mol. The van der Waals surface area contributed by atoms with E-state index in [1.54, 1.807) is 25.3 Å². The molecule has 1 N–H and O–H groups in total. The van der Waals surface area contributed by atoms with Crippen LogP contribution in [0.25, 0.3) is 0 Å². The van der Waals surface area contributed by atoms with Crippen molar-refractivity contribution in [2.75, 3.05) is 25.6 Å². The number of benzene rings is 1. The highest BCUT2D eigenvalue weighted by Crippen LogP contribution is 2.35. The van der Waals surface area contributed by atoms with Crippen LogP contribution in [0.4, 0.5) is 11.4 Å². The molecule has 0 radical (unpaired) electrons. The SMILES string of the molecule is COCCCCNc1cccc(OC(C)C)c1[N+](=O)[O-]. The van der Waals surface area contributed by atoms with Crippen molar-refractivity contribution in [3.63, 3.8) is 0 Å². The number of rotatable bonds is 9. The number of para-hydroxylation sites is 1. The zero-order chi connectivity index (χ0) is 15.0. The van der Waals surface area contributed by atoms with Gasteiger partial charge in [-0.25, -0.2) is 0 Å². The molecule has 0 unspecified atom stereocenters. The highest BCUT2D eigenvalue weighted by Gasteiger charge is 2.21. The summed E-state index contributed by atoms with van der Waals surface area (Å²) in [5.74, 6) is 0.298. The Morgan fingerprint density at radius 3 is 2.70 bits per heavy atom. The summed E-state index contributed by atoms with van der Waals surface area (Å²) in [5, 5.41) is 14.3. The topological polar surface area (TPSA) is 73.6 Å². The third-order valence-electron chi connectivity index (χ3n) is 2.63. The van der Waals surface area contributed by atoms with Gasteiger partial charge in [-0.1, -0.05) is 6.07 Å². The van der Waals surface area contributed by atoms with E-state index in [2.05, 4.69) is 5.32 Å². The van der Waals surface area contributed by atoms with Crippen molar-refractivity contribution in [3.8, 4) is 5.75 Å². The molecular weight excluding hydrogens is 260 g/mol. The Labute approximate surface area is 119 Å². The number of nitro benzene ring substituents is 1. The first-order valence-electron chi connectivity index (χ1n) is 6.73. The first kappa shape index (κ1) is 16.2. The molecule has 0 saturated carbocycles. The van der Waals surface area contributed by atoms with E-state index < -0.39 is 4.92 Å². The number of hydrogen-bond donors (Lipinski definition) is 1. The summed E-state index contributed by atoms with van der Waals surface area (Å²) in [6.07, 6.45) is 1.70. The fourth-order valence-electron chi connectivity index (χ4n) is 1.80. The van der Waals surface area contributed by atoms with Gasteiger partial charge in [-0.15, -0.1) is 0 Å². The van der Waals surface area contributed by atoms with Gasteiger partial charge in [0.1, 0.15) is 5.69 Å². The van der Waals surface area contributed by atoms with Crippen molar-refractivity contribution in [1.29, 1.82) is 0 Å². The van der Waals surface area contributed by atoms with Gasteiger partial charge in [0.15, 0.2) is 5.75 Å². The van der Waals surface area contributed by atoms with E-state index in [0.29, 0.717) is 24.6 Å². The van der Waals surface area contributed by atoms with E-state index in [1.165, 1.54) is 0 Å². The maximum atomic E-state index is 11.2. The Morgan fingerprint density at radius 1 is 1.35 bits per heavy atom. The number of hydrogen-bond acceptors (Lipinski definition) is 5. The van der Waals surface area contributed by atoms with Crippen LogP contribution in [0.2, 0.25) is 0 Å². The highest BCUT2D eigenvalue weighted by molar-refractivity contribution is 5.68. The van der Waals surface area contributed by atoms with Crippen molar-refractivity contribution in [1.82, 2.24) is 0 Å². The Bertz CT molecular complexity index is 435. The Balaban J connectivity index is 2.76. The molecule has 0 spiro atoms. The van der Waals surface area contributed by atoms with E-state index >= 15 is 0 Å². The van der Waals surface area contributed by atoms with E-state index in [9.17, 15) is 10.1 Å². The molecule has 1 rings (SSSR count). The molecule has 0 fully saturated rings. The van der Waals surface area contributed by atoms with Crippen LogP contribution < -0.4 is 10.1 Å².